The number of ether oxygens (including phenoxy) is 3. The Morgan fingerprint density at radius 3 is 1.26 bits per heavy atom. The van der Waals surface area contributed by atoms with Gasteiger partial charge in [0.1, 0.15) is 0 Å². The van der Waals surface area contributed by atoms with Gasteiger partial charge in [0.05, 0.1) is 13.2 Å². The number of alkyl halides is 2. The van der Waals surface area contributed by atoms with Crippen LogP contribution in [0.4, 0.5) is 0 Å². The van der Waals surface area contributed by atoms with Crippen LogP contribution in [-0.2, 0) is 25.8 Å². The van der Waals surface area contributed by atoms with Gasteiger partial charge in [0.2, 0.25) is 0 Å². The molecule has 0 aromatic heterocycles. The Hall–Kier alpha value is -1.10. The molecule has 0 radical (unpaired) electrons. The van der Waals surface area contributed by atoms with Gasteiger partial charge in [-0.1, -0.05) is 48.5 Å². The van der Waals surface area contributed by atoms with Crippen LogP contribution in [0.25, 0.3) is 0 Å². The molecule has 212 valence electrons. The summed E-state index contributed by atoms with van der Waals surface area (Å²) in [6, 6.07) is 18.2. The summed E-state index contributed by atoms with van der Waals surface area (Å²) in [6.45, 7) is 1.42. The van der Waals surface area contributed by atoms with Crippen LogP contribution in [0, 0.1) is 0 Å². The highest BCUT2D eigenvalue weighted by Crippen LogP contribution is 2.48. The third kappa shape index (κ3) is 6.24. The van der Waals surface area contributed by atoms with E-state index in [9.17, 15) is 0 Å². The summed E-state index contributed by atoms with van der Waals surface area (Å²) < 4.78 is 20.4. The van der Waals surface area contributed by atoms with E-state index in [1.54, 1.807) is 0 Å². The van der Waals surface area contributed by atoms with Gasteiger partial charge in [0, 0.05) is 34.7 Å². The van der Waals surface area contributed by atoms with Crippen LogP contribution >= 0.6 is 23.2 Å². The highest BCUT2D eigenvalue weighted by Gasteiger charge is 2.48. The average molecular weight is 572 g/mol. The first-order chi connectivity index (χ1) is 19.1. The first-order valence-electron chi connectivity index (χ1n) is 15.5. The third-order valence-electron chi connectivity index (χ3n) is 9.76. The van der Waals surface area contributed by atoms with Crippen LogP contribution < -0.4 is 0 Å². The molecule has 0 N–H and O–H groups in total. The molecule has 2 aliphatic carbocycles. The third-order valence-corrected chi connectivity index (χ3v) is 10.6. The standard InChI is InChI=1S/C34H44Cl2O3/c35-31-17-9-27(10-18-31)25-5-13-29(14-6-25)33(21-1-3-23-37-33)39-34(22-2-4-24-38-34)30-15-7-26(8-16-30)28-11-19-32(36)20-12-28/h5-8,13-16,27-28,31-32H,1-4,9-12,17-24H2. The summed E-state index contributed by atoms with van der Waals surface area (Å²) in [5.74, 6) is -0.382. The van der Waals surface area contributed by atoms with Crippen molar-refractivity contribution in [3.05, 3.63) is 70.8 Å². The Labute approximate surface area is 244 Å². The molecule has 2 atom stereocenters. The van der Waals surface area contributed by atoms with Crippen molar-refractivity contribution in [3.8, 4) is 0 Å². The number of rotatable bonds is 6. The molecule has 2 unspecified atom stereocenters. The Balaban J connectivity index is 1.26. The zero-order valence-electron chi connectivity index (χ0n) is 23.2. The van der Waals surface area contributed by atoms with Crippen molar-refractivity contribution in [2.75, 3.05) is 13.2 Å². The first-order valence-corrected chi connectivity index (χ1v) is 16.4. The van der Waals surface area contributed by atoms with Gasteiger partial charge >= 0.3 is 0 Å². The van der Waals surface area contributed by atoms with Crippen LogP contribution in [0.2, 0.25) is 0 Å². The minimum atomic E-state index is -0.792. The van der Waals surface area contributed by atoms with E-state index in [2.05, 4.69) is 48.5 Å². The highest BCUT2D eigenvalue weighted by molar-refractivity contribution is 6.20. The normalized spacial score (nSPS) is 35.9. The summed E-state index contributed by atoms with van der Waals surface area (Å²) in [4.78, 5) is 0. The van der Waals surface area contributed by atoms with E-state index in [1.807, 2.05) is 0 Å². The van der Waals surface area contributed by atoms with E-state index in [-0.39, 0.29) is 0 Å². The summed E-state index contributed by atoms with van der Waals surface area (Å²) in [6.07, 6.45) is 15.1. The molecule has 2 aliphatic heterocycles. The molecule has 0 spiro atoms. The van der Waals surface area contributed by atoms with Gasteiger partial charge < -0.3 is 14.2 Å². The Morgan fingerprint density at radius 2 is 0.923 bits per heavy atom. The fourth-order valence-corrected chi connectivity index (χ4v) is 7.83. The smallest absolute Gasteiger partial charge is 0.198 e. The lowest BCUT2D eigenvalue weighted by Crippen LogP contribution is -2.47. The predicted octanol–water partition coefficient (Wildman–Crippen LogP) is 9.64. The van der Waals surface area contributed by atoms with Crippen molar-refractivity contribution in [1.29, 1.82) is 0 Å². The van der Waals surface area contributed by atoms with E-state index in [0.717, 1.165) is 75.3 Å². The second-order valence-corrected chi connectivity index (χ2v) is 13.6. The number of benzene rings is 2. The monoisotopic (exact) mass is 570 g/mol. The van der Waals surface area contributed by atoms with Crippen LogP contribution in [-0.4, -0.2) is 24.0 Å². The molecule has 5 heteroatoms. The maximum atomic E-state index is 7.20. The van der Waals surface area contributed by atoms with Gasteiger partial charge in [-0.2, -0.15) is 0 Å². The molecule has 3 nitrogen and oxygen atoms in total. The van der Waals surface area contributed by atoms with Crippen molar-refractivity contribution < 1.29 is 14.2 Å². The zero-order chi connectivity index (χ0) is 26.7. The van der Waals surface area contributed by atoms with Crippen molar-refractivity contribution in [1.82, 2.24) is 0 Å². The van der Waals surface area contributed by atoms with Crippen LogP contribution in [0.5, 0.6) is 0 Å². The lowest BCUT2D eigenvalue weighted by Gasteiger charge is -2.47. The molecule has 0 bridgehead atoms. The van der Waals surface area contributed by atoms with Gasteiger partial charge in [0.25, 0.3) is 0 Å². The molecule has 2 saturated carbocycles. The van der Waals surface area contributed by atoms with Crippen molar-refractivity contribution in [2.24, 2.45) is 0 Å². The van der Waals surface area contributed by atoms with E-state index < -0.39 is 11.6 Å². The molecule has 39 heavy (non-hydrogen) atoms. The molecule has 4 aliphatic rings. The molecule has 4 fully saturated rings. The van der Waals surface area contributed by atoms with Gasteiger partial charge in [-0.3, -0.25) is 0 Å². The van der Waals surface area contributed by atoms with E-state index >= 15 is 0 Å². The predicted molar refractivity (Wildman–Crippen MR) is 159 cm³/mol. The number of halogens is 2. The summed E-state index contributed by atoms with van der Waals surface area (Å²) in [7, 11) is 0. The Kier molecular flexibility index (Phi) is 8.92. The van der Waals surface area contributed by atoms with Crippen LogP contribution in [0.1, 0.15) is 124 Å². The maximum absolute atomic E-state index is 7.20. The van der Waals surface area contributed by atoms with Crippen LogP contribution in [0.3, 0.4) is 0 Å². The van der Waals surface area contributed by atoms with E-state index in [4.69, 9.17) is 37.4 Å². The minimum Gasteiger partial charge on any atom is -0.346 e. The van der Waals surface area contributed by atoms with E-state index in [1.165, 1.54) is 36.8 Å². The molecule has 2 aromatic carbocycles. The van der Waals surface area contributed by atoms with Gasteiger partial charge in [-0.15, -0.1) is 23.2 Å². The summed E-state index contributed by atoms with van der Waals surface area (Å²) in [5, 5.41) is 0.684. The minimum absolute atomic E-state index is 0.342. The molecule has 2 aromatic rings. The van der Waals surface area contributed by atoms with Crippen molar-refractivity contribution >= 4 is 23.2 Å². The Morgan fingerprint density at radius 1 is 0.538 bits per heavy atom. The van der Waals surface area contributed by atoms with Crippen molar-refractivity contribution in [3.63, 3.8) is 0 Å². The quantitative estimate of drug-likeness (QED) is 0.323. The zero-order valence-corrected chi connectivity index (χ0v) is 24.7. The highest BCUT2D eigenvalue weighted by atomic mass is 35.5. The Bertz CT molecular complexity index is 955. The molecule has 2 saturated heterocycles. The summed E-state index contributed by atoms with van der Waals surface area (Å²) in [5.41, 5.74) is 5.05. The SMILES string of the molecule is ClC1CCC(c2ccc(C3(OC4(c5ccc(C6CCC(Cl)CC6)cc5)CCCCO4)CCCCO3)cc2)CC1. The molecule has 0 amide bonds. The largest absolute Gasteiger partial charge is 0.346 e. The van der Waals surface area contributed by atoms with E-state index in [0.29, 0.717) is 35.8 Å². The second-order valence-electron chi connectivity index (χ2n) is 12.4. The van der Waals surface area contributed by atoms with Gasteiger partial charge in [-0.25, -0.2) is 0 Å². The topological polar surface area (TPSA) is 27.7 Å². The molecule has 2 heterocycles. The van der Waals surface area contributed by atoms with Gasteiger partial charge in [0.15, 0.2) is 11.6 Å². The second kappa shape index (κ2) is 12.4. The molecular weight excluding hydrogens is 527 g/mol. The number of hydrogen-bond acceptors (Lipinski definition) is 3. The lowest BCUT2D eigenvalue weighted by molar-refractivity contribution is -0.392. The first kappa shape index (κ1) is 28.0. The van der Waals surface area contributed by atoms with Crippen LogP contribution in [0.15, 0.2) is 48.5 Å². The maximum Gasteiger partial charge on any atom is 0.198 e. The molecular formula is C34H44Cl2O3. The fraction of sp³-hybridized carbons (Fsp3) is 0.647. The van der Waals surface area contributed by atoms with Crippen molar-refractivity contribution in [2.45, 2.75) is 124 Å². The lowest BCUT2D eigenvalue weighted by atomic mass is 9.83. The average Bonchev–Trinajstić information content (AvgIpc) is 2.99. The fourth-order valence-electron chi connectivity index (χ4n) is 7.33. The summed E-state index contributed by atoms with van der Waals surface area (Å²) >= 11 is 12.7. The molecule has 6 rings (SSSR count). The van der Waals surface area contributed by atoms with Gasteiger partial charge in [-0.05, 0) is 100 Å². The number of hydrogen-bond donors (Lipinski definition) is 0.